The van der Waals surface area contributed by atoms with Crippen molar-refractivity contribution in [2.24, 2.45) is 5.10 Å². The number of hydrogen-bond acceptors (Lipinski definition) is 6. The lowest BCUT2D eigenvalue weighted by molar-refractivity contribution is -0.124. The summed E-state index contributed by atoms with van der Waals surface area (Å²) in [4.78, 5) is 24.3. The summed E-state index contributed by atoms with van der Waals surface area (Å²) in [5.41, 5.74) is 6.98. The molecule has 0 fully saturated rings. The topological polar surface area (TPSA) is 98.2 Å². The van der Waals surface area contributed by atoms with E-state index in [0.29, 0.717) is 22.8 Å². The maximum absolute atomic E-state index is 12.2. The predicted molar refractivity (Wildman–Crippen MR) is 120 cm³/mol. The molecule has 0 aliphatic rings. The van der Waals surface area contributed by atoms with Crippen LogP contribution in [-0.4, -0.2) is 39.4 Å². The molecule has 0 bridgehead atoms. The minimum Gasteiger partial charge on any atom is -0.493 e. The Morgan fingerprint density at radius 2 is 1.42 bits per heavy atom. The number of rotatable bonds is 9. The smallest absolute Gasteiger partial charge is 0.240 e. The van der Waals surface area contributed by atoms with Crippen LogP contribution >= 0.6 is 0 Å². The lowest BCUT2D eigenvalue weighted by atomic mass is 10.0. The molecule has 0 aromatic heterocycles. The summed E-state index contributed by atoms with van der Waals surface area (Å²) in [6.45, 7) is 5.90. The Balaban J connectivity index is 1.91. The second kappa shape index (κ2) is 11.0. The summed E-state index contributed by atoms with van der Waals surface area (Å²) in [5.74, 6) is 0.840. The summed E-state index contributed by atoms with van der Waals surface area (Å²) < 4.78 is 15.8. The number of anilines is 1. The zero-order chi connectivity index (χ0) is 23.0. The Morgan fingerprint density at radius 1 is 0.871 bits per heavy atom. The quantitative estimate of drug-likeness (QED) is 0.471. The van der Waals surface area contributed by atoms with Crippen molar-refractivity contribution < 1.29 is 23.8 Å². The molecule has 0 saturated carbocycles. The molecule has 0 radical (unpaired) electrons. The van der Waals surface area contributed by atoms with E-state index < -0.39 is 0 Å². The third-order valence-corrected chi connectivity index (χ3v) is 4.61. The van der Waals surface area contributed by atoms with Crippen LogP contribution in [0.4, 0.5) is 5.69 Å². The molecular formula is C23H29N3O5. The summed E-state index contributed by atoms with van der Waals surface area (Å²) >= 11 is 0. The molecule has 2 rings (SSSR count). The second-order valence-corrected chi connectivity index (χ2v) is 7.07. The molecule has 0 aliphatic heterocycles. The van der Waals surface area contributed by atoms with Crippen LogP contribution in [0.2, 0.25) is 0 Å². The number of ether oxygens (including phenoxy) is 3. The third-order valence-electron chi connectivity index (χ3n) is 4.61. The molecule has 0 atom stereocenters. The number of nitrogens with one attached hydrogen (secondary N) is 2. The van der Waals surface area contributed by atoms with Crippen LogP contribution in [0.5, 0.6) is 17.2 Å². The van der Waals surface area contributed by atoms with Crippen LogP contribution in [0.3, 0.4) is 0 Å². The van der Waals surface area contributed by atoms with Gasteiger partial charge in [-0.05, 0) is 44.0 Å². The molecule has 2 aromatic carbocycles. The molecule has 8 heteroatoms. The molecule has 2 amide bonds. The van der Waals surface area contributed by atoms with Crippen molar-refractivity contribution in [2.75, 3.05) is 26.6 Å². The second-order valence-electron chi connectivity index (χ2n) is 7.07. The highest BCUT2D eigenvalue weighted by Gasteiger charge is 2.13. The van der Waals surface area contributed by atoms with E-state index in [-0.39, 0.29) is 24.7 Å². The van der Waals surface area contributed by atoms with Gasteiger partial charge in [0, 0.05) is 24.1 Å². The minimum absolute atomic E-state index is 0.0163. The van der Waals surface area contributed by atoms with E-state index >= 15 is 0 Å². The average molecular weight is 428 g/mol. The van der Waals surface area contributed by atoms with Gasteiger partial charge in [-0.3, -0.25) is 9.59 Å². The van der Waals surface area contributed by atoms with Gasteiger partial charge >= 0.3 is 0 Å². The number of hydrazone groups is 1. The molecule has 0 unspecified atom stereocenters. The van der Waals surface area contributed by atoms with Crippen LogP contribution in [0.15, 0.2) is 29.4 Å². The lowest BCUT2D eigenvalue weighted by Gasteiger charge is -2.13. The summed E-state index contributed by atoms with van der Waals surface area (Å²) in [5, 5.41) is 6.82. The normalized spacial score (nSPS) is 10.6. The number of nitrogens with zero attached hydrogens (tertiary/aromatic N) is 1. The van der Waals surface area contributed by atoms with Gasteiger partial charge in [0.25, 0.3) is 0 Å². The largest absolute Gasteiger partial charge is 0.493 e. The van der Waals surface area contributed by atoms with Gasteiger partial charge in [0.2, 0.25) is 17.6 Å². The fraction of sp³-hybridized carbons (Fsp3) is 0.348. The standard InChI is InChI=1S/C23H29N3O5/c1-14-9-15(2)22(16(3)10-14)25-20(27)7-8-21(28)26-24-13-17-11-18(29-4)23(31-6)19(12-17)30-5/h9-13H,7-8H2,1-6H3,(H,25,27)(H,26,28). The average Bonchev–Trinajstić information content (AvgIpc) is 2.73. The molecule has 0 saturated heterocycles. The summed E-state index contributed by atoms with van der Waals surface area (Å²) in [6, 6.07) is 7.42. The Morgan fingerprint density at radius 3 is 1.94 bits per heavy atom. The molecule has 31 heavy (non-hydrogen) atoms. The van der Waals surface area contributed by atoms with Crippen LogP contribution < -0.4 is 25.0 Å². The highest BCUT2D eigenvalue weighted by molar-refractivity contribution is 5.94. The maximum Gasteiger partial charge on any atom is 0.240 e. The molecule has 2 N–H and O–H groups in total. The van der Waals surface area contributed by atoms with Crippen LogP contribution in [-0.2, 0) is 9.59 Å². The van der Waals surface area contributed by atoms with Gasteiger partial charge in [-0.2, -0.15) is 5.10 Å². The number of aryl methyl sites for hydroxylation is 3. The number of benzene rings is 2. The molecular weight excluding hydrogens is 398 g/mol. The monoisotopic (exact) mass is 427 g/mol. The maximum atomic E-state index is 12.2. The van der Waals surface area contributed by atoms with Gasteiger partial charge in [-0.25, -0.2) is 5.43 Å². The Labute approximate surface area is 182 Å². The zero-order valence-corrected chi connectivity index (χ0v) is 18.8. The molecule has 0 heterocycles. The van der Waals surface area contributed by atoms with Crippen LogP contribution in [0.1, 0.15) is 35.1 Å². The molecule has 8 nitrogen and oxygen atoms in total. The zero-order valence-electron chi connectivity index (χ0n) is 18.8. The highest BCUT2D eigenvalue weighted by Crippen LogP contribution is 2.37. The van der Waals surface area contributed by atoms with E-state index in [4.69, 9.17) is 14.2 Å². The summed E-state index contributed by atoms with van der Waals surface area (Å²) in [6.07, 6.45) is 1.53. The molecule has 0 spiro atoms. The number of carbonyl (C=O) groups is 2. The van der Waals surface area contributed by atoms with Gasteiger partial charge < -0.3 is 19.5 Å². The van der Waals surface area contributed by atoms with E-state index in [0.717, 1.165) is 22.4 Å². The number of carbonyl (C=O) groups excluding carboxylic acids is 2. The Kier molecular flexibility index (Phi) is 8.43. The molecule has 0 aliphatic carbocycles. The fourth-order valence-electron chi connectivity index (χ4n) is 3.22. The van der Waals surface area contributed by atoms with Crippen molar-refractivity contribution in [3.8, 4) is 17.2 Å². The first-order chi connectivity index (χ1) is 14.8. The van der Waals surface area contributed by atoms with Crippen molar-refractivity contribution in [2.45, 2.75) is 33.6 Å². The summed E-state index contributed by atoms with van der Waals surface area (Å²) in [7, 11) is 4.56. The van der Waals surface area contributed by atoms with Crippen LogP contribution in [0.25, 0.3) is 0 Å². The van der Waals surface area contributed by atoms with Crippen molar-refractivity contribution in [3.05, 3.63) is 46.5 Å². The lowest BCUT2D eigenvalue weighted by Crippen LogP contribution is -2.21. The predicted octanol–water partition coefficient (Wildman–Crippen LogP) is 3.51. The highest BCUT2D eigenvalue weighted by atomic mass is 16.5. The van der Waals surface area contributed by atoms with Crippen molar-refractivity contribution >= 4 is 23.7 Å². The van der Waals surface area contributed by atoms with Gasteiger partial charge in [-0.15, -0.1) is 0 Å². The van der Waals surface area contributed by atoms with Gasteiger partial charge in [0.05, 0.1) is 27.5 Å². The van der Waals surface area contributed by atoms with Gasteiger partial charge in [0.1, 0.15) is 0 Å². The first-order valence-corrected chi connectivity index (χ1v) is 9.78. The van der Waals surface area contributed by atoms with Crippen molar-refractivity contribution in [1.29, 1.82) is 0 Å². The first kappa shape index (κ1) is 23.7. The first-order valence-electron chi connectivity index (χ1n) is 9.78. The SMILES string of the molecule is COc1cc(C=NNC(=O)CCC(=O)Nc2c(C)cc(C)cc2C)cc(OC)c1OC. The van der Waals surface area contributed by atoms with Crippen molar-refractivity contribution in [1.82, 2.24) is 5.43 Å². The fourth-order valence-corrected chi connectivity index (χ4v) is 3.22. The Hall–Kier alpha value is -3.55. The molecule has 166 valence electrons. The number of methoxy groups -OCH3 is 3. The third kappa shape index (κ3) is 6.47. The number of amides is 2. The van der Waals surface area contributed by atoms with Gasteiger partial charge in [0.15, 0.2) is 11.5 Å². The number of hydrogen-bond donors (Lipinski definition) is 2. The van der Waals surface area contributed by atoms with E-state index in [9.17, 15) is 9.59 Å². The van der Waals surface area contributed by atoms with Crippen molar-refractivity contribution in [3.63, 3.8) is 0 Å². The molecule has 2 aromatic rings. The van der Waals surface area contributed by atoms with E-state index in [2.05, 4.69) is 15.8 Å². The van der Waals surface area contributed by atoms with Crippen LogP contribution in [0, 0.1) is 20.8 Å². The Bertz CT molecular complexity index is 937. The van der Waals surface area contributed by atoms with Gasteiger partial charge in [-0.1, -0.05) is 17.7 Å². The van der Waals surface area contributed by atoms with E-state index in [1.807, 2.05) is 32.9 Å². The van der Waals surface area contributed by atoms with E-state index in [1.165, 1.54) is 27.5 Å². The minimum atomic E-state index is -0.365. The van der Waals surface area contributed by atoms with E-state index in [1.54, 1.807) is 12.1 Å².